The van der Waals surface area contributed by atoms with E-state index in [9.17, 15) is 9.59 Å². The molecule has 5 nitrogen and oxygen atoms in total. The van der Waals surface area contributed by atoms with Crippen LogP contribution in [0.15, 0.2) is 28.4 Å². The smallest absolute Gasteiger partial charge is 0.331 e. The Morgan fingerprint density at radius 3 is 2.53 bits per heavy atom. The number of carbonyl (C=O) groups is 2. The molecule has 0 fully saturated rings. The number of carboxylic acids is 2. The van der Waals surface area contributed by atoms with Crippen molar-refractivity contribution in [1.29, 1.82) is 0 Å². The standard InChI is InChI=1S/C10H10O5/c11-9(12)4-3-7(10(13)14)6-8-2-1-5-15-8/h1-2,5-6H,3-4H2,(H,11,12)(H,13,14)/b7-6+. The minimum atomic E-state index is -1.13. The van der Waals surface area contributed by atoms with E-state index in [2.05, 4.69) is 0 Å². The second-order valence-electron chi connectivity index (χ2n) is 2.88. The molecule has 0 aliphatic heterocycles. The zero-order valence-corrected chi connectivity index (χ0v) is 7.84. The summed E-state index contributed by atoms with van der Waals surface area (Å²) < 4.78 is 4.93. The van der Waals surface area contributed by atoms with Crippen molar-refractivity contribution < 1.29 is 24.2 Å². The highest BCUT2D eigenvalue weighted by Gasteiger charge is 2.10. The summed E-state index contributed by atoms with van der Waals surface area (Å²) in [5.74, 6) is -1.76. The topological polar surface area (TPSA) is 87.7 Å². The lowest BCUT2D eigenvalue weighted by Gasteiger charge is -1.98. The number of hydrogen-bond acceptors (Lipinski definition) is 3. The van der Waals surface area contributed by atoms with Gasteiger partial charge in [0.15, 0.2) is 0 Å². The van der Waals surface area contributed by atoms with Crippen LogP contribution >= 0.6 is 0 Å². The Morgan fingerprint density at radius 1 is 1.33 bits per heavy atom. The second-order valence-corrected chi connectivity index (χ2v) is 2.88. The van der Waals surface area contributed by atoms with Gasteiger partial charge in [0.2, 0.25) is 0 Å². The number of rotatable bonds is 5. The van der Waals surface area contributed by atoms with Crippen LogP contribution in [0.4, 0.5) is 0 Å². The first-order valence-electron chi connectivity index (χ1n) is 4.29. The van der Waals surface area contributed by atoms with E-state index in [1.165, 1.54) is 12.3 Å². The molecule has 0 atom stereocenters. The third-order valence-corrected chi connectivity index (χ3v) is 1.74. The minimum absolute atomic E-state index is 0.0207. The van der Waals surface area contributed by atoms with Crippen LogP contribution in [0.25, 0.3) is 6.08 Å². The van der Waals surface area contributed by atoms with Crippen LogP contribution in [0.3, 0.4) is 0 Å². The fourth-order valence-corrected chi connectivity index (χ4v) is 1.03. The molecule has 0 aliphatic carbocycles. The molecular weight excluding hydrogens is 200 g/mol. The summed E-state index contributed by atoms with van der Waals surface area (Å²) >= 11 is 0. The van der Waals surface area contributed by atoms with E-state index >= 15 is 0 Å². The quantitative estimate of drug-likeness (QED) is 0.721. The average molecular weight is 210 g/mol. The molecule has 0 bridgehead atoms. The Kier molecular flexibility index (Phi) is 3.68. The summed E-state index contributed by atoms with van der Waals surface area (Å²) in [4.78, 5) is 21.0. The lowest BCUT2D eigenvalue weighted by Crippen LogP contribution is -2.03. The average Bonchev–Trinajstić information content (AvgIpc) is 2.63. The Balaban J connectivity index is 2.74. The largest absolute Gasteiger partial charge is 0.481 e. The maximum atomic E-state index is 10.7. The lowest BCUT2D eigenvalue weighted by atomic mass is 10.1. The zero-order valence-electron chi connectivity index (χ0n) is 7.84. The van der Waals surface area contributed by atoms with Crippen LogP contribution in [0, 0.1) is 0 Å². The third kappa shape index (κ3) is 3.68. The van der Waals surface area contributed by atoms with Crippen molar-refractivity contribution in [2.75, 3.05) is 0 Å². The first-order valence-corrected chi connectivity index (χ1v) is 4.29. The van der Waals surface area contributed by atoms with Gasteiger partial charge in [-0.1, -0.05) is 0 Å². The van der Waals surface area contributed by atoms with Gasteiger partial charge in [0.25, 0.3) is 0 Å². The summed E-state index contributed by atoms with van der Waals surface area (Å²) in [6.45, 7) is 0. The number of aliphatic carboxylic acids is 2. The van der Waals surface area contributed by atoms with E-state index in [1.54, 1.807) is 12.1 Å². The zero-order chi connectivity index (χ0) is 11.3. The SMILES string of the molecule is O=C(O)CC/C(=C\c1ccco1)C(=O)O. The Bertz CT molecular complexity index is 375. The highest BCUT2D eigenvalue weighted by molar-refractivity contribution is 5.92. The highest BCUT2D eigenvalue weighted by Crippen LogP contribution is 2.12. The van der Waals surface area contributed by atoms with E-state index in [-0.39, 0.29) is 18.4 Å². The summed E-state index contributed by atoms with van der Waals surface area (Å²) in [5, 5.41) is 17.2. The van der Waals surface area contributed by atoms with Crippen LogP contribution in [-0.4, -0.2) is 22.2 Å². The van der Waals surface area contributed by atoms with Crippen molar-refractivity contribution in [3.05, 3.63) is 29.7 Å². The van der Waals surface area contributed by atoms with E-state index in [4.69, 9.17) is 14.6 Å². The summed E-state index contributed by atoms with van der Waals surface area (Å²) in [5.41, 5.74) is 0.0207. The van der Waals surface area contributed by atoms with Gasteiger partial charge in [-0.15, -0.1) is 0 Å². The van der Waals surface area contributed by atoms with Gasteiger partial charge in [-0.3, -0.25) is 4.79 Å². The number of hydrogen-bond donors (Lipinski definition) is 2. The highest BCUT2D eigenvalue weighted by atomic mass is 16.4. The molecule has 0 saturated heterocycles. The summed E-state index contributed by atoms with van der Waals surface area (Å²) in [6, 6.07) is 3.23. The van der Waals surface area contributed by atoms with E-state index in [0.717, 1.165) is 0 Å². The molecule has 0 spiro atoms. The van der Waals surface area contributed by atoms with Crippen LogP contribution < -0.4 is 0 Å². The second kappa shape index (κ2) is 4.99. The van der Waals surface area contributed by atoms with E-state index < -0.39 is 11.9 Å². The lowest BCUT2D eigenvalue weighted by molar-refractivity contribution is -0.137. The van der Waals surface area contributed by atoms with Crippen molar-refractivity contribution in [1.82, 2.24) is 0 Å². The molecular formula is C10H10O5. The predicted molar refractivity (Wildman–Crippen MR) is 51.2 cm³/mol. The first kappa shape index (κ1) is 11.0. The molecule has 0 radical (unpaired) electrons. The predicted octanol–water partition coefficient (Wildman–Crippen LogP) is 1.61. The molecule has 0 amide bonds. The normalized spacial score (nSPS) is 11.3. The molecule has 5 heteroatoms. The molecule has 1 rings (SSSR count). The van der Waals surface area contributed by atoms with Crippen LogP contribution in [0.5, 0.6) is 0 Å². The fraction of sp³-hybridized carbons (Fsp3) is 0.200. The first-order chi connectivity index (χ1) is 7.09. The van der Waals surface area contributed by atoms with Gasteiger partial charge in [0, 0.05) is 12.0 Å². The van der Waals surface area contributed by atoms with Crippen LogP contribution in [0.1, 0.15) is 18.6 Å². The van der Waals surface area contributed by atoms with Gasteiger partial charge < -0.3 is 14.6 Å². The molecule has 0 aliphatic rings. The van der Waals surface area contributed by atoms with Gasteiger partial charge >= 0.3 is 11.9 Å². The molecule has 1 heterocycles. The van der Waals surface area contributed by atoms with Crippen LogP contribution in [-0.2, 0) is 9.59 Å². The molecule has 1 aromatic heterocycles. The summed E-state index contributed by atoms with van der Waals surface area (Å²) in [6.07, 6.45) is 2.51. The molecule has 0 saturated carbocycles. The van der Waals surface area contributed by atoms with E-state index in [0.29, 0.717) is 5.76 Å². The molecule has 0 aromatic carbocycles. The summed E-state index contributed by atoms with van der Waals surface area (Å²) in [7, 11) is 0. The minimum Gasteiger partial charge on any atom is -0.481 e. The monoisotopic (exact) mass is 210 g/mol. The van der Waals surface area contributed by atoms with Crippen molar-refractivity contribution in [3.8, 4) is 0 Å². The molecule has 80 valence electrons. The van der Waals surface area contributed by atoms with Gasteiger partial charge in [-0.2, -0.15) is 0 Å². The van der Waals surface area contributed by atoms with Crippen molar-refractivity contribution in [3.63, 3.8) is 0 Å². The maximum absolute atomic E-state index is 10.7. The van der Waals surface area contributed by atoms with Gasteiger partial charge in [-0.05, 0) is 24.6 Å². The molecule has 2 N–H and O–H groups in total. The van der Waals surface area contributed by atoms with Gasteiger partial charge in [0.05, 0.1) is 6.26 Å². The van der Waals surface area contributed by atoms with Crippen LogP contribution in [0.2, 0.25) is 0 Å². The van der Waals surface area contributed by atoms with E-state index in [1.807, 2.05) is 0 Å². The van der Waals surface area contributed by atoms with Gasteiger partial charge in [0.1, 0.15) is 5.76 Å². The van der Waals surface area contributed by atoms with Crippen molar-refractivity contribution >= 4 is 18.0 Å². The third-order valence-electron chi connectivity index (χ3n) is 1.74. The fourth-order valence-electron chi connectivity index (χ4n) is 1.03. The Labute approximate surface area is 85.6 Å². The number of carboxylic acid groups (broad SMARTS) is 2. The van der Waals surface area contributed by atoms with Crippen molar-refractivity contribution in [2.45, 2.75) is 12.8 Å². The number of furan rings is 1. The molecule has 1 aromatic rings. The Morgan fingerprint density at radius 2 is 2.07 bits per heavy atom. The Hall–Kier alpha value is -2.04. The molecule has 15 heavy (non-hydrogen) atoms. The van der Waals surface area contributed by atoms with Crippen molar-refractivity contribution in [2.24, 2.45) is 0 Å². The van der Waals surface area contributed by atoms with Gasteiger partial charge in [-0.25, -0.2) is 4.79 Å². The molecule has 0 unspecified atom stereocenters. The maximum Gasteiger partial charge on any atom is 0.331 e.